The summed E-state index contributed by atoms with van der Waals surface area (Å²) in [4.78, 5) is 22.6. The average molecular weight is 363 g/mol. The first-order valence-corrected chi connectivity index (χ1v) is 7.16. The highest BCUT2D eigenvalue weighted by molar-refractivity contribution is 5.87. The van der Waals surface area contributed by atoms with Crippen LogP contribution in [0.3, 0.4) is 0 Å². The van der Waals surface area contributed by atoms with E-state index in [0.717, 1.165) is 30.5 Å². The minimum atomic E-state index is -4.59. The summed E-state index contributed by atoms with van der Waals surface area (Å²) in [5, 5.41) is 9.20. The number of hydrogen-bond donors (Lipinski definition) is 1. The quantitative estimate of drug-likeness (QED) is 0.710. The molecule has 0 aliphatic rings. The highest BCUT2D eigenvalue weighted by atomic mass is 19.4. The number of pyridine rings is 1. The summed E-state index contributed by atoms with van der Waals surface area (Å²) in [6, 6.07) is 8.20. The molecule has 2 heterocycles. The third kappa shape index (κ3) is 3.66. The Hall–Kier alpha value is -3.36. The van der Waals surface area contributed by atoms with E-state index < -0.39 is 23.7 Å². The van der Waals surface area contributed by atoms with Gasteiger partial charge in [-0.2, -0.15) is 13.2 Å². The number of carboxylic acids is 1. The number of halogens is 4. The second kappa shape index (κ2) is 6.51. The van der Waals surface area contributed by atoms with Crippen molar-refractivity contribution in [3.05, 3.63) is 65.9 Å². The lowest BCUT2D eigenvalue weighted by Crippen LogP contribution is -2.08. The zero-order valence-electron chi connectivity index (χ0n) is 12.8. The Labute approximate surface area is 144 Å². The van der Waals surface area contributed by atoms with E-state index in [-0.39, 0.29) is 28.3 Å². The van der Waals surface area contributed by atoms with Crippen molar-refractivity contribution in [3.63, 3.8) is 0 Å². The smallest absolute Gasteiger partial charge is 0.433 e. The number of nitrogens with zero attached hydrogens (tertiary/aromatic N) is 3. The van der Waals surface area contributed by atoms with E-state index in [1.807, 2.05) is 0 Å². The molecule has 0 atom stereocenters. The maximum Gasteiger partial charge on any atom is 0.433 e. The zero-order valence-corrected chi connectivity index (χ0v) is 12.8. The van der Waals surface area contributed by atoms with Crippen LogP contribution in [0.4, 0.5) is 17.6 Å². The Bertz CT molecular complexity index is 972. The van der Waals surface area contributed by atoms with Gasteiger partial charge in [-0.1, -0.05) is 12.1 Å². The van der Waals surface area contributed by atoms with Crippen molar-refractivity contribution in [1.82, 2.24) is 15.0 Å². The van der Waals surface area contributed by atoms with Crippen molar-refractivity contribution >= 4 is 5.97 Å². The Morgan fingerprint density at radius 2 is 1.77 bits per heavy atom. The number of rotatable bonds is 3. The number of carboxylic acid groups (broad SMARTS) is 1. The molecule has 132 valence electrons. The Morgan fingerprint density at radius 3 is 2.35 bits per heavy atom. The van der Waals surface area contributed by atoms with Crippen LogP contribution in [0.25, 0.3) is 22.6 Å². The van der Waals surface area contributed by atoms with Gasteiger partial charge in [0.05, 0.1) is 5.69 Å². The van der Waals surface area contributed by atoms with Crippen LogP contribution in [-0.2, 0) is 6.18 Å². The fourth-order valence-electron chi connectivity index (χ4n) is 2.17. The number of aromatic carboxylic acids is 1. The van der Waals surface area contributed by atoms with Gasteiger partial charge in [-0.15, -0.1) is 0 Å². The normalized spacial score (nSPS) is 11.4. The molecule has 0 bridgehead atoms. The lowest BCUT2D eigenvalue weighted by Gasteiger charge is -2.08. The molecule has 0 amide bonds. The maximum absolute atomic E-state index is 13.4. The molecule has 9 heteroatoms. The van der Waals surface area contributed by atoms with Crippen molar-refractivity contribution in [2.24, 2.45) is 0 Å². The van der Waals surface area contributed by atoms with Crippen molar-refractivity contribution in [1.29, 1.82) is 0 Å². The molecule has 0 saturated heterocycles. The van der Waals surface area contributed by atoms with Gasteiger partial charge < -0.3 is 5.11 Å². The van der Waals surface area contributed by atoms with Crippen LogP contribution in [-0.4, -0.2) is 26.0 Å². The minimum Gasteiger partial charge on any atom is -0.477 e. The summed E-state index contributed by atoms with van der Waals surface area (Å²) in [5.41, 5.74) is -1.01. The molecule has 26 heavy (non-hydrogen) atoms. The van der Waals surface area contributed by atoms with Crippen molar-refractivity contribution in [2.45, 2.75) is 6.18 Å². The van der Waals surface area contributed by atoms with Gasteiger partial charge in [0.25, 0.3) is 0 Å². The molecule has 0 aliphatic heterocycles. The van der Waals surface area contributed by atoms with E-state index >= 15 is 0 Å². The summed E-state index contributed by atoms with van der Waals surface area (Å²) >= 11 is 0. The molecule has 3 aromatic rings. The molecule has 2 aromatic heterocycles. The lowest BCUT2D eigenvalue weighted by atomic mass is 10.1. The topological polar surface area (TPSA) is 76.0 Å². The van der Waals surface area contributed by atoms with Crippen LogP contribution in [0.5, 0.6) is 0 Å². The first kappa shape index (κ1) is 17.5. The van der Waals surface area contributed by atoms with Gasteiger partial charge in [-0.05, 0) is 30.3 Å². The van der Waals surface area contributed by atoms with E-state index in [4.69, 9.17) is 0 Å². The molecule has 0 radical (unpaired) electrons. The fourth-order valence-corrected chi connectivity index (χ4v) is 2.17. The highest BCUT2D eigenvalue weighted by Gasteiger charge is 2.32. The second-order valence-corrected chi connectivity index (χ2v) is 5.21. The molecule has 3 rings (SSSR count). The van der Waals surface area contributed by atoms with Crippen molar-refractivity contribution in [3.8, 4) is 22.6 Å². The fraction of sp³-hybridized carbons (Fsp3) is 0.0588. The van der Waals surface area contributed by atoms with E-state index in [1.165, 1.54) is 18.2 Å². The third-order valence-electron chi connectivity index (χ3n) is 3.38. The molecule has 0 aliphatic carbocycles. The maximum atomic E-state index is 13.4. The standard InChI is InChI=1S/C17H9F4N3O2/c18-11-3-1-2-9(6-11)15-23-12(7-13(24-15)16(25)26)10-4-5-14(22-8-10)17(19,20)21/h1-8H,(H,25,26). The molecule has 0 fully saturated rings. The van der Waals surface area contributed by atoms with Gasteiger partial charge in [0.15, 0.2) is 11.5 Å². The van der Waals surface area contributed by atoms with E-state index in [9.17, 15) is 27.5 Å². The van der Waals surface area contributed by atoms with Crippen LogP contribution >= 0.6 is 0 Å². The Kier molecular flexibility index (Phi) is 4.37. The molecular formula is C17H9F4N3O2. The van der Waals surface area contributed by atoms with Crippen LogP contribution in [0, 0.1) is 5.82 Å². The lowest BCUT2D eigenvalue weighted by molar-refractivity contribution is -0.141. The number of hydrogen-bond acceptors (Lipinski definition) is 4. The van der Waals surface area contributed by atoms with Gasteiger partial charge >= 0.3 is 12.1 Å². The number of aromatic nitrogens is 3. The summed E-state index contributed by atoms with van der Waals surface area (Å²) < 4.78 is 51.2. The molecule has 0 spiro atoms. The van der Waals surface area contributed by atoms with Crippen LogP contribution in [0.2, 0.25) is 0 Å². The Balaban J connectivity index is 2.11. The summed E-state index contributed by atoms with van der Waals surface area (Å²) in [7, 11) is 0. The molecule has 1 N–H and O–H groups in total. The summed E-state index contributed by atoms with van der Waals surface area (Å²) in [5.74, 6) is -1.99. The first-order valence-electron chi connectivity index (χ1n) is 7.16. The van der Waals surface area contributed by atoms with Crippen LogP contribution < -0.4 is 0 Å². The predicted molar refractivity (Wildman–Crippen MR) is 82.6 cm³/mol. The monoisotopic (exact) mass is 363 g/mol. The van der Waals surface area contributed by atoms with Crippen LogP contribution in [0.15, 0.2) is 48.7 Å². The zero-order chi connectivity index (χ0) is 18.9. The van der Waals surface area contributed by atoms with Gasteiger partial charge in [0, 0.05) is 17.3 Å². The molecule has 1 aromatic carbocycles. The molecule has 0 unspecified atom stereocenters. The number of alkyl halides is 3. The second-order valence-electron chi connectivity index (χ2n) is 5.21. The van der Waals surface area contributed by atoms with Crippen molar-refractivity contribution in [2.75, 3.05) is 0 Å². The van der Waals surface area contributed by atoms with E-state index in [0.29, 0.717) is 0 Å². The molecule has 0 saturated carbocycles. The van der Waals surface area contributed by atoms with Gasteiger partial charge in [-0.25, -0.2) is 19.2 Å². The van der Waals surface area contributed by atoms with Gasteiger partial charge in [0.2, 0.25) is 0 Å². The number of benzene rings is 1. The highest BCUT2D eigenvalue weighted by Crippen LogP contribution is 2.29. The largest absolute Gasteiger partial charge is 0.477 e. The molecular weight excluding hydrogens is 354 g/mol. The van der Waals surface area contributed by atoms with Gasteiger partial charge in [-0.3, -0.25) is 4.98 Å². The SMILES string of the molecule is O=C(O)c1cc(-c2ccc(C(F)(F)F)nc2)nc(-c2cccc(F)c2)n1. The van der Waals surface area contributed by atoms with E-state index in [1.54, 1.807) is 0 Å². The third-order valence-corrected chi connectivity index (χ3v) is 3.38. The molecule has 5 nitrogen and oxygen atoms in total. The van der Waals surface area contributed by atoms with Crippen LogP contribution in [0.1, 0.15) is 16.2 Å². The van der Waals surface area contributed by atoms with E-state index in [2.05, 4.69) is 15.0 Å². The first-order chi connectivity index (χ1) is 12.2. The Morgan fingerprint density at radius 1 is 1.00 bits per heavy atom. The summed E-state index contributed by atoms with van der Waals surface area (Å²) in [6.07, 6.45) is -3.66. The average Bonchev–Trinajstić information content (AvgIpc) is 2.60. The minimum absolute atomic E-state index is 0.0536. The summed E-state index contributed by atoms with van der Waals surface area (Å²) in [6.45, 7) is 0. The number of carbonyl (C=O) groups is 1. The predicted octanol–water partition coefficient (Wildman–Crippen LogP) is 4.06. The van der Waals surface area contributed by atoms with Gasteiger partial charge in [0.1, 0.15) is 11.5 Å². The van der Waals surface area contributed by atoms with Crippen molar-refractivity contribution < 1.29 is 27.5 Å².